The molecule has 0 aliphatic rings. The molecule has 0 radical (unpaired) electrons. The first kappa shape index (κ1) is 16.7. The van der Waals surface area contributed by atoms with E-state index in [9.17, 15) is 10.1 Å². The Labute approximate surface area is 155 Å². The lowest BCUT2D eigenvalue weighted by Crippen LogP contribution is -2.33. The molecule has 2 aromatic heterocycles. The summed E-state index contributed by atoms with van der Waals surface area (Å²) in [7, 11) is 0. The third-order valence-electron chi connectivity index (χ3n) is 4.18. The highest BCUT2D eigenvalue weighted by atomic mass is 16.6. The molecule has 0 aliphatic heterocycles. The Morgan fingerprint density at radius 1 is 0.963 bits per heavy atom. The van der Waals surface area contributed by atoms with Crippen LogP contribution in [0.5, 0.6) is 0 Å². The van der Waals surface area contributed by atoms with Crippen molar-refractivity contribution in [1.82, 2.24) is 4.98 Å². The lowest BCUT2D eigenvalue weighted by Gasteiger charge is -2.00. The average Bonchev–Trinajstić information content (AvgIpc) is 3.20. The van der Waals surface area contributed by atoms with Crippen molar-refractivity contribution in [3.63, 3.8) is 0 Å². The van der Waals surface area contributed by atoms with Gasteiger partial charge in [-0.25, -0.2) is 4.98 Å². The van der Waals surface area contributed by atoms with Gasteiger partial charge in [-0.2, -0.15) is 4.57 Å². The van der Waals surface area contributed by atoms with Crippen LogP contribution in [-0.2, 0) is 6.54 Å². The summed E-state index contributed by atoms with van der Waals surface area (Å²) in [6, 6.07) is 20.2. The van der Waals surface area contributed by atoms with E-state index in [2.05, 4.69) is 4.98 Å². The Bertz CT molecular complexity index is 1070. The fourth-order valence-electron chi connectivity index (χ4n) is 2.82. The van der Waals surface area contributed by atoms with Crippen LogP contribution in [0.15, 0.2) is 89.7 Å². The number of nitro groups is 1. The topological polar surface area (TPSA) is 73.1 Å². The molecule has 6 nitrogen and oxygen atoms in total. The summed E-state index contributed by atoms with van der Waals surface area (Å²) in [4.78, 5) is 14.7. The maximum Gasteiger partial charge on any atom is 0.269 e. The summed E-state index contributed by atoms with van der Waals surface area (Å²) >= 11 is 0. The molecule has 0 N–H and O–H groups in total. The van der Waals surface area contributed by atoms with Gasteiger partial charge in [0.25, 0.3) is 5.69 Å². The standard InChI is InChI=1S/C21H16N3O3/c25-24(26)19-10-8-16(9-11-19)14-23-12-4-7-18(15-23)21-22-13-20(27-21)17-5-2-1-3-6-17/h1-13,15H,14H2/q+1. The fraction of sp³-hybridized carbons (Fsp3) is 0.0476. The van der Waals surface area contributed by atoms with Crippen molar-refractivity contribution in [3.05, 3.63) is 101 Å². The molecule has 0 saturated carbocycles. The number of nitro benzene ring substituents is 1. The van der Waals surface area contributed by atoms with Gasteiger partial charge in [0.15, 0.2) is 24.7 Å². The smallest absolute Gasteiger partial charge is 0.269 e. The zero-order valence-corrected chi connectivity index (χ0v) is 14.4. The van der Waals surface area contributed by atoms with E-state index >= 15 is 0 Å². The minimum absolute atomic E-state index is 0.0886. The number of oxazole rings is 1. The van der Waals surface area contributed by atoms with Gasteiger partial charge >= 0.3 is 0 Å². The molecule has 0 spiro atoms. The lowest BCUT2D eigenvalue weighted by molar-refractivity contribution is -0.687. The van der Waals surface area contributed by atoms with Gasteiger partial charge in [0.05, 0.1) is 11.1 Å². The zero-order valence-electron chi connectivity index (χ0n) is 14.4. The molecule has 0 amide bonds. The second-order valence-electron chi connectivity index (χ2n) is 6.08. The molecule has 2 aromatic carbocycles. The quantitative estimate of drug-likeness (QED) is 0.304. The van der Waals surface area contributed by atoms with E-state index in [1.165, 1.54) is 12.1 Å². The average molecular weight is 358 g/mol. The molecular formula is C21H16N3O3+. The summed E-state index contributed by atoms with van der Waals surface area (Å²) in [6.07, 6.45) is 5.60. The number of pyridine rings is 1. The Hall–Kier alpha value is -3.80. The molecule has 0 unspecified atom stereocenters. The highest BCUT2D eigenvalue weighted by molar-refractivity contribution is 5.60. The molecule has 0 atom stereocenters. The van der Waals surface area contributed by atoms with E-state index in [0.717, 1.165) is 22.5 Å². The summed E-state index contributed by atoms with van der Waals surface area (Å²) in [5, 5.41) is 10.8. The van der Waals surface area contributed by atoms with Crippen molar-refractivity contribution in [2.24, 2.45) is 0 Å². The summed E-state index contributed by atoms with van der Waals surface area (Å²) < 4.78 is 7.89. The van der Waals surface area contributed by atoms with Gasteiger partial charge in [0, 0.05) is 29.3 Å². The maximum atomic E-state index is 10.8. The number of rotatable bonds is 5. The number of aromatic nitrogens is 2. The van der Waals surface area contributed by atoms with Crippen molar-refractivity contribution < 1.29 is 13.9 Å². The number of benzene rings is 2. The first-order valence-electron chi connectivity index (χ1n) is 8.43. The van der Waals surface area contributed by atoms with E-state index in [0.29, 0.717) is 12.4 Å². The predicted octanol–water partition coefficient (Wildman–Crippen LogP) is 4.25. The molecule has 132 valence electrons. The van der Waals surface area contributed by atoms with Crippen LogP contribution in [0.4, 0.5) is 5.69 Å². The molecule has 2 heterocycles. The van der Waals surface area contributed by atoms with Crippen LogP contribution >= 0.6 is 0 Å². The van der Waals surface area contributed by atoms with Crippen LogP contribution in [0.2, 0.25) is 0 Å². The normalized spacial score (nSPS) is 10.7. The Kier molecular flexibility index (Phi) is 4.45. The molecule has 6 heteroatoms. The number of hydrogen-bond acceptors (Lipinski definition) is 4. The Balaban J connectivity index is 1.56. The summed E-state index contributed by atoms with van der Waals surface area (Å²) in [5.74, 6) is 1.27. The summed E-state index contributed by atoms with van der Waals surface area (Å²) in [5.41, 5.74) is 2.90. The molecule has 0 fully saturated rings. The van der Waals surface area contributed by atoms with E-state index < -0.39 is 4.92 Å². The third kappa shape index (κ3) is 3.74. The van der Waals surface area contributed by atoms with Gasteiger partial charge < -0.3 is 4.42 Å². The maximum absolute atomic E-state index is 10.8. The Morgan fingerprint density at radius 2 is 1.70 bits per heavy atom. The van der Waals surface area contributed by atoms with Crippen molar-refractivity contribution in [3.8, 4) is 22.8 Å². The van der Waals surface area contributed by atoms with E-state index in [4.69, 9.17) is 4.42 Å². The van der Waals surface area contributed by atoms with Crippen LogP contribution in [0, 0.1) is 10.1 Å². The van der Waals surface area contributed by atoms with Gasteiger partial charge in [-0.1, -0.05) is 30.3 Å². The van der Waals surface area contributed by atoms with Gasteiger partial charge in [-0.3, -0.25) is 10.1 Å². The fourth-order valence-corrected chi connectivity index (χ4v) is 2.82. The van der Waals surface area contributed by atoms with Crippen LogP contribution in [0.25, 0.3) is 22.8 Å². The minimum atomic E-state index is -0.398. The molecule has 0 bridgehead atoms. The van der Waals surface area contributed by atoms with Crippen molar-refractivity contribution in [1.29, 1.82) is 0 Å². The monoisotopic (exact) mass is 358 g/mol. The second-order valence-corrected chi connectivity index (χ2v) is 6.08. The molecule has 27 heavy (non-hydrogen) atoms. The molecule has 0 saturated heterocycles. The highest BCUT2D eigenvalue weighted by Crippen LogP contribution is 2.25. The van der Waals surface area contributed by atoms with Crippen molar-refractivity contribution >= 4 is 5.69 Å². The highest BCUT2D eigenvalue weighted by Gasteiger charge is 2.13. The predicted molar refractivity (Wildman–Crippen MR) is 99.8 cm³/mol. The van der Waals surface area contributed by atoms with Gasteiger partial charge in [0.2, 0.25) is 5.89 Å². The van der Waals surface area contributed by atoms with E-state index in [1.54, 1.807) is 18.3 Å². The van der Waals surface area contributed by atoms with Crippen LogP contribution in [0.1, 0.15) is 5.56 Å². The van der Waals surface area contributed by atoms with Crippen molar-refractivity contribution in [2.45, 2.75) is 6.54 Å². The van der Waals surface area contributed by atoms with Crippen LogP contribution in [-0.4, -0.2) is 9.91 Å². The van der Waals surface area contributed by atoms with Crippen molar-refractivity contribution in [2.75, 3.05) is 0 Å². The SMILES string of the molecule is O=[N+]([O-])c1ccc(C[n+]2cccc(-c3ncc(-c4ccccc4)o3)c2)cc1. The largest absolute Gasteiger partial charge is 0.436 e. The van der Waals surface area contributed by atoms with E-state index in [-0.39, 0.29) is 5.69 Å². The number of hydrogen-bond donors (Lipinski definition) is 0. The third-order valence-corrected chi connectivity index (χ3v) is 4.18. The van der Waals surface area contributed by atoms with Gasteiger partial charge in [-0.05, 0) is 18.2 Å². The number of nitrogens with zero attached hydrogens (tertiary/aromatic N) is 3. The summed E-state index contributed by atoms with van der Waals surface area (Å²) in [6.45, 7) is 0.595. The molecule has 4 aromatic rings. The van der Waals surface area contributed by atoms with E-state index in [1.807, 2.05) is 59.4 Å². The van der Waals surface area contributed by atoms with Crippen LogP contribution in [0.3, 0.4) is 0 Å². The van der Waals surface area contributed by atoms with Gasteiger partial charge in [-0.15, -0.1) is 0 Å². The lowest BCUT2D eigenvalue weighted by atomic mass is 10.2. The minimum Gasteiger partial charge on any atom is -0.436 e. The zero-order chi connectivity index (χ0) is 18.6. The second kappa shape index (κ2) is 7.21. The number of non-ortho nitro benzene ring substituents is 1. The van der Waals surface area contributed by atoms with Crippen LogP contribution < -0.4 is 4.57 Å². The molecule has 0 aliphatic carbocycles. The van der Waals surface area contributed by atoms with Gasteiger partial charge in [0.1, 0.15) is 5.56 Å². The first-order chi connectivity index (χ1) is 13.2. The molecule has 4 rings (SSSR count). The molecular weight excluding hydrogens is 342 g/mol. The Morgan fingerprint density at radius 3 is 2.44 bits per heavy atom. The first-order valence-corrected chi connectivity index (χ1v) is 8.43.